The predicted molar refractivity (Wildman–Crippen MR) is 87.0 cm³/mol. The van der Waals surface area contributed by atoms with Crippen LogP contribution in [0.4, 0.5) is 8.78 Å². The van der Waals surface area contributed by atoms with Crippen molar-refractivity contribution in [3.63, 3.8) is 0 Å². The number of nitrogens with zero attached hydrogens (tertiary/aromatic N) is 2. The number of para-hydroxylation sites is 1. The standard InChI is InChI=1S/C18H11F2N3O/c19-13-7-4-8-14(20)15(13)12-9-23(11-5-2-1-3-6-11)17-16(12)21-10-22-18(17)24/h1-10H,(H,21,22,24). The van der Waals surface area contributed by atoms with Crippen LogP contribution in [-0.4, -0.2) is 14.5 Å². The van der Waals surface area contributed by atoms with Gasteiger partial charge in [0.15, 0.2) is 0 Å². The maximum absolute atomic E-state index is 14.2. The summed E-state index contributed by atoms with van der Waals surface area (Å²) in [7, 11) is 0. The molecule has 0 aliphatic heterocycles. The molecule has 2 aromatic heterocycles. The van der Waals surface area contributed by atoms with Crippen LogP contribution in [0.15, 0.2) is 65.8 Å². The van der Waals surface area contributed by atoms with E-state index >= 15 is 0 Å². The second kappa shape index (κ2) is 5.42. The van der Waals surface area contributed by atoms with Crippen LogP contribution in [0.5, 0.6) is 0 Å². The summed E-state index contributed by atoms with van der Waals surface area (Å²) in [6, 6.07) is 12.7. The minimum Gasteiger partial charge on any atom is -0.311 e. The summed E-state index contributed by atoms with van der Waals surface area (Å²) in [6.07, 6.45) is 2.76. The molecule has 6 heteroatoms. The van der Waals surface area contributed by atoms with Gasteiger partial charge in [-0.25, -0.2) is 13.8 Å². The lowest BCUT2D eigenvalue weighted by atomic mass is 10.1. The first-order chi connectivity index (χ1) is 11.7. The number of H-pyrrole nitrogens is 1. The van der Waals surface area contributed by atoms with E-state index in [9.17, 15) is 13.6 Å². The van der Waals surface area contributed by atoms with Gasteiger partial charge in [-0.3, -0.25) is 4.79 Å². The van der Waals surface area contributed by atoms with E-state index in [1.807, 2.05) is 18.2 Å². The highest BCUT2D eigenvalue weighted by Crippen LogP contribution is 2.33. The molecular formula is C18H11F2N3O. The Kier molecular flexibility index (Phi) is 3.23. The van der Waals surface area contributed by atoms with Crippen LogP contribution >= 0.6 is 0 Å². The number of rotatable bonds is 2. The molecule has 1 N–H and O–H groups in total. The maximum atomic E-state index is 14.2. The number of hydrogen-bond donors (Lipinski definition) is 1. The van der Waals surface area contributed by atoms with Gasteiger partial charge in [-0.05, 0) is 24.3 Å². The fraction of sp³-hybridized carbons (Fsp3) is 0. The number of fused-ring (bicyclic) bond motifs is 1. The molecular weight excluding hydrogens is 312 g/mol. The summed E-state index contributed by atoms with van der Waals surface area (Å²) in [5, 5.41) is 0. The number of aromatic nitrogens is 3. The topological polar surface area (TPSA) is 50.7 Å². The zero-order chi connectivity index (χ0) is 16.7. The van der Waals surface area contributed by atoms with E-state index in [-0.39, 0.29) is 27.7 Å². The number of benzene rings is 2. The van der Waals surface area contributed by atoms with Crippen molar-refractivity contribution >= 4 is 11.0 Å². The SMILES string of the molecule is O=c1[nH]cnc2c(-c3c(F)cccc3F)cn(-c3ccccc3)c12. The Morgan fingerprint density at radius 3 is 2.38 bits per heavy atom. The molecule has 0 aliphatic rings. The van der Waals surface area contributed by atoms with Crippen LogP contribution in [0.1, 0.15) is 0 Å². The third-order valence-electron chi connectivity index (χ3n) is 3.85. The first kappa shape index (κ1) is 14.3. The van der Waals surface area contributed by atoms with Crippen LogP contribution in [-0.2, 0) is 0 Å². The Hall–Kier alpha value is -3.28. The first-order valence-electron chi connectivity index (χ1n) is 7.25. The number of halogens is 2. The molecule has 0 fully saturated rings. The first-order valence-corrected chi connectivity index (χ1v) is 7.25. The number of nitrogens with one attached hydrogen (secondary N) is 1. The Morgan fingerprint density at radius 1 is 0.958 bits per heavy atom. The molecule has 0 atom stereocenters. The van der Waals surface area contributed by atoms with Crippen molar-refractivity contribution in [2.24, 2.45) is 0 Å². The van der Waals surface area contributed by atoms with Crippen molar-refractivity contribution in [3.8, 4) is 16.8 Å². The molecule has 0 radical (unpaired) electrons. The van der Waals surface area contributed by atoms with Crippen molar-refractivity contribution in [3.05, 3.63) is 83.0 Å². The molecule has 24 heavy (non-hydrogen) atoms. The Labute approximate surface area is 135 Å². The van der Waals surface area contributed by atoms with E-state index in [0.717, 1.165) is 0 Å². The van der Waals surface area contributed by atoms with Crippen LogP contribution in [0.3, 0.4) is 0 Å². The molecule has 4 rings (SSSR count). The molecule has 0 bridgehead atoms. The van der Waals surface area contributed by atoms with Gasteiger partial charge in [-0.2, -0.15) is 0 Å². The quantitative estimate of drug-likeness (QED) is 0.612. The molecule has 0 amide bonds. The van der Waals surface area contributed by atoms with E-state index in [0.29, 0.717) is 5.69 Å². The summed E-state index contributed by atoms with van der Waals surface area (Å²) in [5.41, 5.74) is 0.828. The third kappa shape index (κ3) is 2.11. The van der Waals surface area contributed by atoms with Crippen LogP contribution < -0.4 is 5.56 Å². The third-order valence-corrected chi connectivity index (χ3v) is 3.85. The highest BCUT2D eigenvalue weighted by atomic mass is 19.1. The van der Waals surface area contributed by atoms with Gasteiger partial charge in [0.05, 0.1) is 11.9 Å². The Balaban J connectivity index is 2.13. The van der Waals surface area contributed by atoms with Gasteiger partial charge in [0.1, 0.15) is 22.7 Å². The fourth-order valence-corrected chi connectivity index (χ4v) is 2.80. The van der Waals surface area contributed by atoms with Crippen LogP contribution in [0.25, 0.3) is 27.8 Å². The minimum absolute atomic E-state index is 0.199. The summed E-state index contributed by atoms with van der Waals surface area (Å²) in [4.78, 5) is 18.9. The van der Waals surface area contributed by atoms with Gasteiger partial charge >= 0.3 is 0 Å². The van der Waals surface area contributed by atoms with Crippen molar-refractivity contribution in [2.45, 2.75) is 0 Å². The van der Waals surface area contributed by atoms with E-state index < -0.39 is 11.6 Å². The zero-order valence-corrected chi connectivity index (χ0v) is 12.3. The molecule has 0 unspecified atom stereocenters. The highest BCUT2D eigenvalue weighted by Gasteiger charge is 2.20. The van der Waals surface area contributed by atoms with Gasteiger partial charge in [0.2, 0.25) is 0 Å². The predicted octanol–water partition coefficient (Wildman–Crippen LogP) is 3.66. The molecule has 2 aromatic carbocycles. The average Bonchev–Trinajstić information content (AvgIpc) is 2.97. The van der Waals surface area contributed by atoms with Crippen LogP contribution in [0, 0.1) is 11.6 Å². The molecule has 0 saturated heterocycles. The Morgan fingerprint density at radius 2 is 1.67 bits per heavy atom. The fourth-order valence-electron chi connectivity index (χ4n) is 2.80. The van der Waals surface area contributed by atoms with Gasteiger partial charge in [0, 0.05) is 17.4 Å². The number of aromatic amines is 1. The molecule has 0 aliphatic carbocycles. The lowest BCUT2D eigenvalue weighted by Crippen LogP contribution is -2.09. The summed E-state index contributed by atoms with van der Waals surface area (Å²) < 4.78 is 30.0. The van der Waals surface area contributed by atoms with E-state index in [2.05, 4.69) is 9.97 Å². The van der Waals surface area contributed by atoms with E-state index in [1.165, 1.54) is 30.7 Å². The number of hydrogen-bond acceptors (Lipinski definition) is 2. The average molecular weight is 323 g/mol. The monoisotopic (exact) mass is 323 g/mol. The highest BCUT2D eigenvalue weighted by molar-refractivity contribution is 5.93. The molecule has 0 saturated carbocycles. The van der Waals surface area contributed by atoms with E-state index in [4.69, 9.17) is 0 Å². The largest absolute Gasteiger partial charge is 0.311 e. The van der Waals surface area contributed by atoms with Crippen molar-refractivity contribution < 1.29 is 8.78 Å². The molecule has 4 aromatic rings. The van der Waals surface area contributed by atoms with Crippen LogP contribution in [0.2, 0.25) is 0 Å². The molecule has 2 heterocycles. The lowest BCUT2D eigenvalue weighted by Gasteiger charge is -2.03. The summed E-state index contributed by atoms with van der Waals surface area (Å²) >= 11 is 0. The van der Waals surface area contributed by atoms with Crippen molar-refractivity contribution in [1.29, 1.82) is 0 Å². The van der Waals surface area contributed by atoms with Gasteiger partial charge in [0.25, 0.3) is 5.56 Å². The zero-order valence-electron chi connectivity index (χ0n) is 12.3. The second-order valence-corrected chi connectivity index (χ2v) is 5.27. The molecule has 4 nitrogen and oxygen atoms in total. The smallest absolute Gasteiger partial charge is 0.275 e. The van der Waals surface area contributed by atoms with Crippen molar-refractivity contribution in [1.82, 2.24) is 14.5 Å². The Bertz CT molecular complexity index is 1080. The minimum atomic E-state index is -0.704. The normalized spacial score (nSPS) is 11.1. The maximum Gasteiger partial charge on any atom is 0.275 e. The van der Waals surface area contributed by atoms with Gasteiger partial charge in [-0.15, -0.1) is 0 Å². The van der Waals surface area contributed by atoms with Gasteiger partial charge < -0.3 is 9.55 Å². The second-order valence-electron chi connectivity index (χ2n) is 5.27. The summed E-state index contributed by atoms with van der Waals surface area (Å²) in [5.74, 6) is -1.41. The molecule has 118 valence electrons. The van der Waals surface area contributed by atoms with E-state index in [1.54, 1.807) is 16.7 Å². The van der Waals surface area contributed by atoms with Crippen molar-refractivity contribution in [2.75, 3.05) is 0 Å². The van der Waals surface area contributed by atoms with Gasteiger partial charge in [-0.1, -0.05) is 24.3 Å². The lowest BCUT2D eigenvalue weighted by molar-refractivity contribution is 0.590. The summed E-state index contributed by atoms with van der Waals surface area (Å²) in [6.45, 7) is 0. The molecule has 0 spiro atoms.